The number of anilines is 1. The summed E-state index contributed by atoms with van der Waals surface area (Å²) in [6.45, 7) is 0.624. The third-order valence-corrected chi connectivity index (χ3v) is 5.29. The number of halogens is 2. The lowest BCUT2D eigenvalue weighted by Crippen LogP contribution is -2.28. The third kappa shape index (κ3) is 4.51. The van der Waals surface area contributed by atoms with Crippen LogP contribution in [0.2, 0.25) is 0 Å². The molecular weight excluding hydrogens is 488 g/mol. The number of nitrogens with zero attached hydrogens (tertiary/aromatic N) is 3. The molecule has 2 heterocycles. The second-order valence-corrected chi connectivity index (χ2v) is 8.19. The summed E-state index contributed by atoms with van der Waals surface area (Å²) in [7, 11) is 0. The molecule has 4 rings (SSSR count). The lowest BCUT2D eigenvalue weighted by Gasteiger charge is -2.07. The number of aromatic nitrogens is 2. The summed E-state index contributed by atoms with van der Waals surface area (Å²) in [5.41, 5.74) is 2.81. The molecule has 3 aromatic rings. The van der Waals surface area contributed by atoms with Gasteiger partial charge in [0.25, 0.3) is 5.91 Å². The fourth-order valence-corrected chi connectivity index (χ4v) is 3.52. The monoisotopic (exact) mass is 502 g/mol. The number of hydrogen-bond acceptors (Lipinski definition) is 4. The smallest absolute Gasteiger partial charge is 0.269 e. The first kappa shape index (κ1) is 18.9. The van der Waals surface area contributed by atoms with Crippen LogP contribution in [0.15, 0.2) is 74.9 Å². The summed E-state index contributed by atoms with van der Waals surface area (Å²) in [5.74, 6) is 0.226. The van der Waals surface area contributed by atoms with Crippen LogP contribution in [0.4, 0.5) is 5.82 Å². The molecule has 8 heteroatoms. The molecule has 0 saturated carbocycles. The lowest BCUT2D eigenvalue weighted by molar-refractivity contribution is -0.125. The van der Waals surface area contributed by atoms with Crippen molar-refractivity contribution < 1.29 is 9.63 Å². The zero-order valence-corrected chi connectivity index (χ0v) is 17.9. The number of oxime groups is 1. The summed E-state index contributed by atoms with van der Waals surface area (Å²) in [5, 5.41) is 11.3. The third-order valence-electron chi connectivity index (χ3n) is 4.27. The highest BCUT2D eigenvalue weighted by atomic mass is 79.9. The van der Waals surface area contributed by atoms with Crippen molar-refractivity contribution in [2.75, 3.05) is 5.32 Å². The largest absolute Gasteiger partial charge is 0.382 e. The summed E-state index contributed by atoms with van der Waals surface area (Å²) in [4.78, 5) is 17.8. The Morgan fingerprint density at radius 3 is 2.75 bits per heavy atom. The summed E-state index contributed by atoms with van der Waals surface area (Å²) in [6.07, 6.45) is 1.59. The molecule has 2 aromatic carbocycles. The number of amides is 1. The van der Waals surface area contributed by atoms with E-state index >= 15 is 0 Å². The molecule has 1 aromatic heterocycles. The minimum atomic E-state index is -0.661. The topological polar surface area (TPSA) is 68.5 Å². The Kier molecular flexibility index (Phi) is 5.59. The van der Waals surface area contributed by atoms with Gasteiger partial charge >= 0.3 is 0 Å². The molecule has 28 heavy (non-hydrogen) atoms. The van der Waals surface area contributed by atoms with Crippen molar-refractivity contribution in [3.05, 3.63) is 80.9 Å². The molecule has 1 aliphatic rings. The van der Waals surface area contributed by atoms with E-state index in [0.717, 1.165) is 25.8 Å². The fraction of sp³-hybridized carbons (Fsp3) is 0.150. The quantitative estimate of drug-likeness (QED) is 0.553. The van der Waals surface area contributed by atoms with Gasteiger partial charge in [0.1, 0.15) is 0 Å². The number of nitrogens with one attached hydrogen (secondary N) is 1. The SMILES string of the molecule is O=C(Nc1ccn(Cc2ccc(Br)cc2)n1)C1CC(c2cccc(Br)c2)=NO1. The molecular formula is C20H16Br2N4O2. The van der Waals surface area contributed by atoms with Crippen LogP contribution in [0.25, 0.3) is 0 Å². The van der Waals surface area contributed by atoms with Crippen molar-refractivity contribution in [3.8, 4) is 0 Å². The molecule has 1 unspecified atom stereocenters. The first-order valence-corrected chi connectivity index (χ1v) is 10.2. The minimum absolute atomic E-state index is 0.261. The van der Waals surface area contributed by atoms with E-state index in [1.165, 1.54) is 0 Å². The van der Waals surface area contributed by atoms with Crippen LogP contribution >= 0.6 is 31.9 Å². The number of benzene rings is 2. The van der Waals surface area contributed by atoms with E-state index in [-0.39, 0.29) is 5.91 Å². The number of carbonyl (C=O) groups excluding carboxylic acids is 1. The first-order chi connectivity index (χ1) is 13.6. The highest BCUT2D eigenvalue weighted by Gasteiger charge is 2.29. The molecule has 6 nitrogen and oxygen atoms in total. The molecule has 0 fully saturated rings. The standard InChI is InChI=1S/C20H16Br2N4O2/c21-15-6-4-13(5-7-15)12-26-9-8-19(24-26)23-20(27)18-11-17(25-28-18)14-2-1-3-16(22)10-14/h1-10,18H,11-12H2,(H,23,24,27). The molecule has 0 bridgehead atoms. The van der Waals surface area contributed by atoms with E-state index in [1.54, 1.807) is 10.7 Å². The number of hydrogen-bond donors (Lipinski definition) is 1. The molecule has 1 N–H and O–H groups in total. The van der Waals surface area contributed by atoms with Crippen LogP contribution in [0, 0.1) is 0 Å². The van der Waals surface area contributed by atoms with Gasteiger partial charge < -0.3 is 10.2 Å². The number of carbonyl (C=O) groups is 1. The van der Waals surface area contributed by atoms with Crippen molar-refractivity contribution in [2.24, 2.45) is 5.16 Å². The zero-order chi connectivity index (χ0) is 19.5. The van der Waals surface area contributed by atoms with Gasteiger partial charge in [0, 0.05) is 33.2 Å². The van der Waals surface area contributed by atoms with Gasteiger partial charge in [0.05, 0.1) is 12.3 Å². The fourth-order valence-electron chi connectivity index (χ4n) is 2.86. The van der Waals surface area contributed by atoms with Gasteiger partial charge in [-0.25, -0.2) is 0 Å². The molecule has 0 saturated heterocycles. The van der Waals surface area contributed by atoms with Crippen molar-refractivity contribution in [3.63, 3.8) is 0 Å². The van der Waals surface area contributed by atoms with Crippen LogP contribution in [-0.2, 0) is 16.2 Å². The van der Waals surface area contributed by atoms with Gasteiger partial charge in [0.15, 0.2) is 5.82 Å². The van der Waals surface area contributed by atoms with E-state index in [0.29, 0.717) is 18.8 Å². The zero-order valence-electron chi connectivity index (χ0n) is 14.7. The normalized spacial score (nSPS) is 15.8. The Labute approximate surface area is 178 Å². The van der Waals surface area contributed by atoms with Gasteiger partial charge in [-0.1, -0.05) is 61.3 Å². The molecule has 142 valence electrons. The highest BCUT2D eigenvalue weighted by Crippen LogP contribution is 2.21. The second-order valence-electron chi connectivity index (χ2n) is 6.36. The van der Waals surface area contributed by atoms with Crippen molar-refractivity contribution >= 4 is 49.3 Å². The maximum absolute atomic E-state index is 12.5. The van der Waals surface area contributed by atoms with Crippen molar-refractivity contribution in [1.82, 2.24) is 9.78 Å². The predicted octanol–water partition coefficient (Wildman–Crippen LogP) is 4.59. The maximum Gasteiger partial charge on any atom is 0.269 e. The van der Waals surface area contributed by atoms with E-state index in [2.05, 4.69) is 47.4 Å². The predicted molar refractivity (Wildman–Crippen MR) is 114 cm³/mol. The van der Waals surface area contributed by atoms with E-state index in [1.807, 2.05) is 54.7 Å². The maximum atomic E-state index is 12.5. The average molecular weight is 504 g/mol. The summed E-state index contributed by atoms with van der Waals surface area (Å²) in [6, 6.07) is 17.5. The molecule has 1 atom stereocenters. The molecule has 0 aliphatic carbocycles. The summed E-state index contributed by atoms with van der Waals surface area (Å²) >= 11 is 6.86. The van der Waals surface area contributed by atoms with E-state index in [9.17, 15) is 4.79 Å². The van der Waals surface area contributed by atoms with Crippen molar-refractivity contribution in [2.45, 2.75) is 19.1 Å². The Balaban J connectivity index is 1.34. The lowest BCUT2D eigenvalue weighted by atomic mass is 10.0. The van der Waals surface area contributed by atoms with Gasteiger partial charge in [0.2, 0.25) is 6.10 Å². The van der Waals surface area contributed by atoms with Gasteiger partial charge in [-0.2, -0.15) is 5.10 Å². The number of rotatable bonds is 5. The Hall–Kier alpha value is -2.45. The Morgan fingerprint density at radius 2 is 1.96 bits per heavy atom. The molecule has 0 spiro atoms. The average Bonchev–Trinajstić information content (AvgIpc) is 3.33. The second kappa shape index (κ2) is 8.28. The first-order valence-electron chi connectivity index (χ1n) is 8.64. The van der Waals surface area contributed by atoms with Crippen LogP contribution in [0.3, 0.4) is 0 Å². The van der Waals surface area contributed by atoms with Crippen LogP contribution < -0.4 is 5.32 Å². The minimum Gasteiger partial charge on any atom is -0.382 e. The summed E-state index contributed by atoms with van der Waals surface area (Å²) < 4.78 is 3.76. The molecule has 1 aliphatic heterocycles. The van der Waals surface area contributed by atoms with Crippen LogP contribution in [-0.4, -0.2) is 27.5 Å². The Bertz CT molecular complexity index is 1030. The van der Waals surface area contributed by atoms with E-state index in [4.69, 9.17) is 4.84 Å². The highest BCUT2D eigenvalue weighted by molar-refractivity contribution is 9.10. The van der Waals surface area contributed by atoms with Crippen LogP contribution in [0.5, 0.6) is 0 Å². The van der Waals surface area contributed by atoms with Gasteiger partial charge in [-0.3, -0.25) is 9.48 Å². The van der Waals surface area contributed by atoms with E-state index < -0.39 is 6.10 Å². The van der Waals surface area contributed by atoms with Gasteiger partial charge in [-0.05, 0) is 29.8 Å². The molecule has 0 radical (unpaired) electrons. The Morgan fingerprint density at radius 1 is 1.14 bits per heavy atom. The van der Waals surface area contributed by atoms with Gasteiger partial charge in [-0.15, -0.1) is 0 Å². The van der Waals surface area contributed by atoms with Crippen LogP contribution in [0.1, 0.15) is 17.5 Å². The van der Waals surface area contributed by atoms with Crippen molar-refractivity contribution in [1.29, 1.82) is 0 Å². The molecule has 1 amide bonds.